The van der Waals surface area contributed by atoms with E-state index >= 15 is 0 Å². The molecule has 0 radical (unpaired) electrons. The summed E-state index contributed by atoms with van der Waals surface area (Å²) in [6.07, 6.45) is 0. The molecule has 29 heavy (non-hydrogen) atoms. The summed E-state index contributed by atoms with van der Waals surface area (Å²) in [7, 11) is 1.73. The average molecular weight is 418 g/mol. The highest BCUT2D eigenvalue weighted by atomic mass is 35.5. The predicted molar refractivity (Wildman–Crippen MR) is 116 cm³/mol. The fraction of sp³-hybridized carbons (Fsp3) is 0.435. The van der Waals surface area contributed by atoms with Crippen molar-refractivity contribution in [2.24, 2.45) is 0 Å². The van der Waals surface area contributed by atoms with Crippen LogP contribution >= 0.6 is 11.6 Å². The van der Waals surface area contributed by atoms with Crippen molar-refractivity contribution in [3.8, 4) is 5.75 Å². The number of benzene rings is 2. The number of rotatable bonds is 7. The second-order valence-electron chi connectivity index (χ2n) is 8.01. The van der Waals surface area contributed by atoms with E-state index in [-0.39, 0.29) is 11.9 Å². The van der Waals surface area contributed by atoms with Crippen molar-refractivity contribution in [1.82, 2.24) is 5.32 Å². The summed E-state index contributed by atoms with van der Waals surface area (Å²) in [6.45, 7) is 9.72. The third-order valence-electron chi connectivity index (χ3n) is 5.68. The summed E-state index contributed by atoms with van der Waals surface area (Å²) in [6, 6.07) is 14.0. The average Bonchev–Trinajstić information content (AvgIpc) is 2.69. The molecular formula is C23H32ClN3O2+2. The molecule has 1 amide bonds. The van der Waals surface area contributed by atoms with Crippen LogP contribution in [0.2, 0.25) is 5.02 Å². The minimum absolute atomic E-state index is 0.0405. The van der Waals surface area contributed by atoms with Crippen LogP contribution in [0.3, 0.4) is 0 Å². The first-order valence-electron chi connectivity index (χ1n) is 10.3. The highest BCUT2D eigenvalue weighted by molar-refractivity contribution is 6.30. The Bertz CT molecular complexity index is 835. The van der Waals surface area contributed by atoms with Crippen molar-refractivity contribution in [1.29, 1.82) is 0 Å². The maximum atomic E-state index is 12.5. The molecule has 5 nitrogen and oxygen atoms in total. The van der Waals surface area contributed by atoms with Gasteiger partial charge in [-0.05, 0) is 43.7 Å². The predicted octanol–water partition coefficient (Wildman–Crippen LogP) is 0.818. The number of methoxy groups -OCH3 is 1. The van der Waals surface area contributed by atoms with Crippen LogP contribution in [0.4, 0.5) is 0 Å². The van der Waals surface area contributed by atoms with Crippen LogP contribution in [0.5, 0.6) is 5.75 Å². The third-order valence-corrected chi connectivity index (χ3v) is 5.91. The first-order valence-corrected chi connectivity index (χ1v) is 10.7. The van der Waals surface area contributed by atoms with E-state index in [1.165, 1.54) is 16.0 Å². The molecule has 3 rings (SSSR count). The van der Waals surface area contributed by atoms with Gasteiger partial charge in [0.15, 0.2) is 6.54 Å². The number of piperazine rings is 1. The topological polar surface area (TPSA) is 47.2 Å². The van der Waals surface area contributed by atoms with Crippen molar-refractivity contribution in [2.75, 3.05) is 39.8 Å². The molecule has 3 N–H and O–H groups in total. The summed E-state index contributed by atoms with van der Waals surface area (Å²) in [5, 5.41) is 3.79. The zero-order valence-electron chi connectivity index (χ0n) is 17.6. The standard InChI is InChI=1S/C23H30ClN3O2/c1-17-7-8-22(29-3)20(13-17)15-26-9-11-27(12-10-26)16-23(28)25-18(2)19-5-4-6-21(24)14-19/h4-8,13-14,18H,9-12,15-16H2,1-3H3,(H,25,28)/p+2/t18-/m0/s1. The van der Waals surface area contributed by atoms with E-state index in [0.717, 1.165) is 44.0 Å². The molecule has 1 fully saturated rings. The molecule has 0 spiro atoms. The van der Waals surface area contributed by atoms with E-state index < -0.39 is 0 Å². The lowest BCUT2D eigenvalue weighted by Gasteiger charge is -2.30. The van der Waals surface area contributed by atoms with Crippen LogP contribution in [0, 0.1) is 6.92 Å². The maximum Gasteiger partial charge on any atom is 0.275 e. The Morgan fingerprint density at radius 3 is 2.55 bits per heavy atom. The SMILES string of the molecule is COc1ccc(C)cc1C[NH+]1CC[NH+](CC(=O)N[C@@H](C)c2cccc(Cl)c2)CC1. The summed E-state index contributed by atoms with van der Waals surface area (Å²) in [4.78, 5) is 15.4. The second-order valence-corrected chi connectivity index (χ2v) is 8.45. The Balaban J connectivity index is 1.46. The number of hydrogen-bond acceptors (Lipinski definition) is 2. The molecule has 1 aliphatic rings. The van der Waals surface area contributed by atoms with E-state index in [1.807, 2.05) is 31.2 Å². The van der Waals surface area contributed by atoms with Gasteiger partial charge in [0.25, 0.3) is 5.91 Å². The quantitative estimate of drug-likeness (QED) is 0.624. The third kappa shape index (κ3) is 6.20. The lowest BCUT2D eigenvalue weighted by atomic mass is 10.1. The van der Waals surface area contributed by atoms with Gasteiger partial charge in [-0.2, -0.15) is 0 Å². The molecule has 1 saturated heterocycles. The second kappa shape index (κ2) is 10.1. The first kappa shape index (κ1) is 21.6. The van der Waals surface area contributed by atoms with Gasteiger partial charge >= 0.3 is 0 Å². The number of amides is 1. The summed E-state index contributed by atoms with van der Waals surface area (Å²) in [5.74, 6) is 1.06. The highest BCUT2D eigenvalue weighted by Crippen LogP contribution is 2.18. The van der Waals surface area contributed by atoms with E-state index in [9.17, 15) is 4.79 Å². The fourth-order valence-electron chi connectivity index (χ4n) is 4.00. The molecule has 156 valence electrons. The summed E-state index contributed by atoms with van der Waals surface area (Å²) >= 11 is 6.05. The molecular weight excluding hydrogens is 386 g/mol. The van der Waals surface area contributed by atoms with E-state index in [0.29, 0.717) is 11.6 Å². The Labute approximate surface area is 178 Å². The zero-order chi connectivity index (χ0) is 20.8. The molecule has 0 aliphatic carbocycles. The first-order chi connectivity index (χ1) is 13.9. The van der Waals surface area contributed by atoms with Gasteiger partial charge in [-0.1, -0.05) is 35.4 Å². The number of halogens is 1. The van der Waals surface area contributed by atoms with Gasteiger partial charge in [0.05, 0.1) is 13.2 Å². The minimum atomic E-state index is -0.0405. The summed E-state index contributed by atoms with van der Waals surface area (Å²) < 4.78 is 5.52. The number of hydrogen-bond donors (Lipinski definition) is 3. The lowest BCUT2D eigenvalue weighted by Crippen LogP contribution is -3.28. The van der Waals surface area contributed by atoms with E-state index in [2.05, 4.69) is 30.4 Å². The van der Waals surface area contributed by atoms with Crippen LogP contribution in [0.15, 0.2) is 42.5 Å². The number of ether oxygens (including phenoxy) is 1. The van der Waals surface area contributed by atoms with Crippen molar-refractivity contribution < 1.29 is 19.3 Å². The lowest BCUT2D eigenvalue weighted by molar-refractivity contribution is -1.02. The summed E-state index contributed by atoms with van der Waals surface area (Å²) in [5.41, 5.74) is 3.55. The number of quaternary nitrogens is 2. The van der Waals surface area contributed by atoms with Crippen LogP contribution in [0.1, 0.15) is 29.7 Å². The van der Waals surface area contributed by atoms with E-state index in [4.69, 9.17) is 16.3 Å². The highest BCUT2D eigenvalue weighted by Gasteiger charge is 2.26. The Hall–Kier alpha value is -2.08. The Morgan fingerprint density at radius 2 is 1.86 bits per heavy atom. The van der Waals surface area contributed by atoms with Gasteiger partial charge < -0.3 is 19.9 Å². The minimum Gasteiger partial charge on any atom is -0.496 e. The number of aryl methyl sites for hydroxylation is 1. The van der Waals surface area contributed by atoms with Crippen molar-refractivity contribution in [2.45, 2.75) is 26.4 Å². The van der Waals surface area contributed by atoms with Gasteiger partial charge in [0.1, 0.15) is 38.5 Å². The molecule has 0 bridgehead atoms. The number of carbonyl (C=O) groups is 1. The van der Waals surface area contributed by atoms with Gasteiger partial charge in [-0.15, -0.1) is 0 Å². The molecule has 0 unspecified atom stereocenters. The fourth-order valence-corrected chi connectivity index (χ4v) is 4.20. The van der Waals surface area contributed by atoms with Crippen LogP contribution in [-0.4, -0.2) is 45.7 Å². The number of nitrogens with one attached hydrogen (secondary N) is 3. The van der Waals surface area contributed by atoms with Gasteiger partial charge in [0, 0.05) is 10.6 Å². The largest absolute Gasteiger partial charge is 0.496 e. The molecule has 2 aromatic rings. The molecule has 0 saturated carbocycles. The smallest absolute Gasteiger partial charge is 0.275 e. The van der Waals surface area contributed by atoms with E-state index in [1.54, 1.807) is 12.0 Å². The zero-order valence-corrected chi connectivity index (χ0v) is 18.3. The molecule has 1 atom stereocenters. The van der Waals surface area contributed by atoms with Crippen LogP contribution < -0.4 is 19.9 Å². The van der Waals surface area contributed by atoms with Gasteiger partial charge in [-0.25, -0.2) is 0 Å². The molecule has 2 aromatic carbocycles. The van der Waals surface area contributed by atoms with Crippen LogP contribution in [-0.2, 0) is 11.3 Å². The van der Waals surface area contributed by atoms with Crippen molar-refractivity contribution in [3.63, 3.8) is 0 Å². The van der Waals surface area contributed by atoms with Crippen molar-refractivity contribution >= 4 is 17.5 Å². The maximum absolute atomic E-state index is 12.5. The van der Waals surface area contributed by atoms with Gasteiger partial charge in [0.2, 0.25) is 0 Å². The molecule has 1 aliphatic heterocycles. The van der Waals surface area contributed by atoms with Crippen molar-refractivity contribution in [3.05, 3.63) is 64.2 Å². The van der Waals surface area contributed by atoms with Gasteiger partial charge in [-0.3, -0.25) is 4.79 Å². The molecule has 0 aromatic heterocycles. The normalized spacial score (nSPS) is 20.1. The number of carbonyl (C=O) groups excluding carboxylic acids is 1. The Morgan fingerprint density at radius 1 is 1.14 bits per heavy atom. The Kier molecular flexibility index (Phi) is 7.53. The molecule has 6 heteroatoms. The molecule has 1 heterocycles. The van der Waals surface area contributed by atoms with Crippen LogP contribution in [0.25, 0.3) is 0 Å². The monoisotopic (exact) mass is 417 g/mol.